The van der Waals surface area contributed by atoms with Crippen LogP contribution in [0.1, 0.15) is 16.2 Å². The fraction of sp³-hybridized carbons (Fsp3) is 0.136. The molecule has 0 aliphatic heterocycles. The van der Waals surface area contributed by atoms with Gasteiger partial charge in [-0.3, -0.25) is 9.59 Å². The number of primary amides is 1. The van der Waals surface area contributed by atoms with Crippen molar-refractivity contribution in [3.05, 3.63) is 76.6 Å². The van der Waals surface area contributed by atoms with Gasteiger partial charge in [-0.15, -0.1) is 0 Å². The van der Waals surface area contributed by atoms with Crippen molar-refractivity contribution in [3.8, 4) is 22.6 Å². The van der Waals surface area contributed by atoms with Crippen LogP contribution in [0.25, 0.3) is 22.6 Å². The summed E-state index contributed by atoms with van der Waals surface area (Å²) in [6, 6.07) is 12.5. The molecular formula is C22H22N8O2. The summed E-state index contributed by atoms with van der Waals surface area (Å²) < 4.78 is 3.38. The predicted molar refractivity (Wildman–Crippen MR) is 122 cm³/mol. The van der Waals surface area contributed by atoms with E-state index in [1.807, 2.05) is 48.1 Å². The third-order valence-electron chi connectivity index (χ3n) is 4.98. The van der Waals surface area contributed by atoms with Crippen LogP contribution in [0.2, 0.25) is 0 Å². The molecule has 4 aromatic rings. The highest BCUT2D eigenvalue weighted by Crippen LogP contribution is 2.31. The SMILES string of the molecule is CNc1cccc(Cn2cccc2-c2nc(N)c(C(N)=O)nc2-c2ccc(=O)n(C)c2)n1. The van der Waals surface area contributed by atoms with Crippen LogP contribution in [0.4, 0.5) is 11.6 Å². The zero-order chi connectivity index (χ0) is 22.8. The van der Waals surface area contributed by atoms with Crippen LogP contribution in [0.15, 0.2) is 59.7 Å². The second-order valence-corrected chi connectivity index (χ2v) is 7.17. The van der Waals surface area contributed by atoms with Gasteiger partial charge in [0.25, 0.3) is 5.91 Å². The Hall–Kier alpha value is -4.47. The molecule has 10 heteroatoms. The highest BCUT2D eigenvalue weighted by atomic mass is 16.1. The molecule has 0 radical (unpaired) electrons. The van der Waals surface area contributed by atoms with Crippen molar-refractivity contribution < 1.29 is 4.79 Å². The van der Waals surface area contributed by atoms with Gasteiger partial charge in [0.15, 0.2) is 11.5 Å². The largest absolute Gasteiger partial charge is 0.382 e. The van der Waals surface area contributed by atoms with Gasteiger partial charge in [0.1, 0.15) is 17.2 Å². The van der Waals surface area contributed by atoms with Crippen molar-refractivity contribution in [3.63, 3.8) is 0 Å². The summed E-state index contributed by atoms with van der Waals surface area (Å²) in [6.45, 7) is 0.476. The molecule has 0 unspecified atom stereocenters. The average Bonchev–Trinajstić information content (AvgIpc) is 3.23. The number of aromatic nitrogens is 5. The quantitative estimate of drug-likeness (QED) is 0.420. The number of carbonyl (C=O) groups is 1. The monoisotopic (exact) mass is 430 g/mol. The summed E-state index contributed by atoms with van der Waals surface area (Å²) in [5, 5.41) is 3.03. The Morgan fingerprint density at radius 3 is 2.59 bits per heavy atom. The van der Waals surface area contributed by atoms with Crippen molar-refractivity contribution in [1.82, 2.24) is 24.1 Å². The molecule has 32 heavy (non-hydrogen) atoms. The molecule has 4 aromatic heterocycles. The highest BCUT2D eigenvalue weighted by molar-refractivity contribution is 5.96. The van der Waals surface area contributed by atoms with Crippen molar-refractivity contribution in [1.29, 1.82) is 0 Å². The first-order chi connectivity index (χ1) is 15.4. The van der Waals surface area contributed by atoms with E-state index in [1.165, 1.54) is 10.6 Å². The standard InChI is InChI=1S/C22H22N8O2/c1-25-16-7-3-5-14(26-16)12-30-10-4-6-15(30)19-18(13-8-9-17(31)29(2)11-13)27-20(22(24)32)21(23)28-19/h3-11H,12H2,1-2H3,(H2,23,28)(H2,24,32)(H,25,26). The number of amides is 1. The number of pyridine rings is 2. The lowest BCUT2D eigenvalue weighted by molar-refractivity contribution is 0.0996. The summed E-state index contributed by atoms with van der Waals surface area (Å²) in [7, 11) is 3.44. The summed E-state index contributed by atoms with van der Waals surface area (Å²) in [5.74, 6) is -0.0860. The lowest BCUT2D eigenvalue weighted by atomic mass is 10.1. The third kappa shape index (κ3) is 3.93. The molecule has 0 atom stereocenters. The van der Waals surface area contributed by atoms with Crippen LogP contribution in [0.3, 0.4) is 0 Å². The number of nitrogen functional groups attached to an aromatic ring is 1. The van der Waals surface area contributed by atoms with Crippen LogP contribution in [0, 0.1) is 0 Å². The van der Waals surface area contributed by atoms with Gasteiger partial charge in [-0.2, -0.15) is 0 Å². The predicted octanol–water partition coefficient (Wildman–Crippen LogP) is 1.48. The highest BCUT2D eigenvalue weighted by Gasteiger charge is 2.20. The molecule has 0 saturated carbocycles. The molecule has 0 aromatic carbocycles. The van der Waals surface area contributed by atoms with Gasteiger partial charge in [-0.05, 0) is 30.3 Å². The first-order valence-electron chi connectivity index (χ1n) is 9.81. The van der Waals surface area contributed by atoms with Crippen LogP contribution < -0.4 is 22.3 Å². The Morgan fingerprint density at radius 1 is 1.06 bits per heavy atom. The fourth-order valence-electron chi connectivity index (χ4n) is 3.39. The van der Waals surface area contributed by atoms with Gasteiger partial charge < -0.3 is 25.9 Å². The van der Waals surface area contributed by atoms with Crippen LogP contribution >= 0.6 is 0 Å². The molecular weight excluding hydrogens is 408 g/mol. The Balaban J connectivity index is 1.88. The molecule has 10 nitrogen and oxygen atoms in total. The number of nitrogens with one attached hydrogen (secondary N) is 1. The lowest BCUT2D eigenvalue weighted by Crippen LogP contribution is -2.19. The smallest absolute Gasteiger partial charge is 0.271 e. The van der Waals surface area contributed by atoms with Gasteiger partial charge in [0.2, 0.25) is 5.56 Å². The van der Waals surface area contributed by atoms with Crippen molar-refractivity contribution >= 4 is 17.5 Å². The number of rotatable bonds is 6. The number of hydrogen-bond donors (Lipinski definition) is 3. The van der Waals surface area contributed by atoms with E-state index >= 15 is 0 Å². The number of nitrogens with two attached hydrogens (primary N) is 2. The van der Waals surface area contributed by atoms with E-state index < -0.39 is 5.91 Å². The Bertz CT molecular complexity index is 1370. The minimum Gasteiger partial charge on any atom is -0.382 e. The normalized spacial score (nSPS) is 10.8. The maximum absolute atomic E-state index is 11.9. The molecule has 5 N–H and O–H groups in total. The Kier molecular flexibility index (Phi) is 5.42. The third-order valence-corrected chi connectivity index (χ3v) is 4.98. The molecule has 162 valence electrons. The molecule has 0 aliphatic rings. The molecule has 1 amide bonds. The molecule has 0 aliphatic carbocycles. The summed E-state index contributed by atoms with van der Waals surface area (Å²) >= 11 is 0. The Morgan fingerprint density at radius 2 is 1.88 bits per heavy atom. The number of carbonyl (C=O) groups excluding carboxylic acids is 1. The summed E-state index contributed by atoms with van der Waals surface area (Å²) in [4.78, 5) is 37.2. The first-order valence-corrected chi connectivity index (χ1v) is 9.81. The van der Waals surface area contributed by atoms with E-state index in [0.717, 1.165) is 17.2 Å². The van der Waals surface area contributed by atoms with Gasteiger partial charge >= 0.3 is 0 Å². The topological polar surface area (TPSA) is 147 Å². The van der Waals surface area contributed by atoms with Gasteiger partial charge in [0, 0.05) is 38.1 Å². The van der Waals surface area contributed by atoms with E-state index in [4.69, 9.17) is 11.5 Å². The number of anilines is 2. The summed E-state index contributed by atoms with van der Waals surface area (Å²) in [5.41, 5.74) is 14.2. The zero-order valence-corrected chi connectivity index (χ0v) is 17.6. The average molecular weight is 430 g/mol. The molecule has 0 spiro atoms. The second-order valence-electron chi connectivity index (χ2n) is 7.17. The molecule has 0 saturated heterocycles. The minimum atomic E-state index is -0.781. The van der Waals surface area contributed by atoms with E-state index in [-0.39, 0.29) is 17.1 Å². The Labute approximate surface area is 183 Å². The van der Waals surface area contributed by atoms with E-state index in [1.54, 1.807) is 19.3 Å². The number of nitrogens with zero attached hydrogens (tertiary/aromatic N) is 5. The van der Waals surface area contributed by atoms with Gasteiger partial charge in [0.05, 0.1) is 17.9 Å². The maximum atomic E-state index is 11.9. The molecule has 0 bridgehead atoms. The van der Waals surface area contributed by atoms with Crippen LogP contribution in [-0.4, -0.2) is 37.0 Å². The van der Waals surface area contributed by atoms with Crippen LogP contribution in [0.5, 0.6) is 0 Å². The maximum Gasteiger partial charge on any atom is 0.271 e. The fourth-order valence-corrected chi connectivity index (χ4v) is 3.39. The second kappa shape index (κ2) is 8.34. The van der Waals surface area contributed by atoms with Crippen molar-refractivity contribution in [2.75, 3.05) is 18.1 Å². The number of hydrogen-bond acceptors (Lipinski definition) is 7. The van der Waals surface area contributed by atoms with Crippen molar-refractivity contribution in [2.24, 2.45) is 12.8 Å². The minimum absolute atomic E-state index is 0.0656. The van der Waals surface area contributed by atoms with Gasteiger partial charge in [-0.25, -0.2) is 15.0 Å². The van der Waals surface area contributed by atoms with E-state index in [0.29, 0.717) is 23.5 Å². The number of aryl methyl sites for hydroxylation is 1. The van der Waals surface area contributed by atoms with Crippen LogP contribution in [-0.2, 0) is 13.6 Å². The van der Waals surface area contributed by atoms with E-state index in [9.17, 15) is 9.59 Å². The molecule has 4 rings (SSSR count). The lowest BCUT2D eigenvalue weighted by Gasteiger charge is -2.15. The van der Waals surface area contributed by atoms with Gasteiger partial charge in [-0.1, -0.05) is 6.07 Å². The zero-order valence-electron chi connectivity index (χ0n) is 17.6. The molecule has 0 fully saturated rings. The summed E-state index contributed by atoms with van der Waals surface area (Å²) in [6.07, 6.45) is 3.52. The first kappa shape index (κ1) is 20.8. The van der Waals surface area contributed by atoms with Crippen molar-refractivity contribution in [2.45, 2.75) is 6.54 Å². The molecule has 4 heterocycles. The van der Waals surface area contributed by atoms with E-state index in [2.05, 4.69) is 20.3 Å².